The van der Waals surface area contributed by atoms with Crippen LogP contribution >= 0.6 is 0 Å². The van der Waals surface area contributed by atoms with Crippen molar-refractivity contribution in [3.63, 3.8) is 0 Å². The summed E-state index contributed by atoms with van der Waals surface area (Å²) in [4.78, 5) is 41.7. The maximum absolute atomic E-state index is 12.5. The lowest BCUT2D eigenvalue weighted by atomic mass is 9.77. The molecule has 4 saturated carbocycles. The molecule has 3 unspecified atom stereocenters. The van der Waals surface area contributed by atoms with Gasteiger partial charge in [-0.1, -0.05) is 31.4 Å². The zero-order chi connectivity index (χ0) is 70.3. The summed E-state index contributed by atoms with van der Waals surface area (Å²) < 4.78 is 49.5. The van der Waals surface area contributed by atoms with Crippen LogP contribution in [0, 0.1) is 29.6 Å². The molecule has 100 heavy (non-hydrogen) atoms. The highest BCUT2D eigenvalue weighted by Gasteiger charge is 2.45. The Labute approximate surface area is 584 Å². The van der Waals surface area contributed by atoms with Crippen molar-refractivity contribution >= 4 is 52.5 Å². The Morgan fingerprint density at radius 3 is 1.72 bits per heavy atom. The quantitative estimate of drug-likeness (QED) is 0.0395. The van der Waals surface area contributed by atoms with Gasteiger partial charge < -0.3 is 50.0 Å². The number of nitrogens with one attached hydrogen (secondary N) is 2. The van der Waals surface area contributed by atoms with Crippen LogP contribution in [0.2, 0.25) is 0 Å². The summed E-state index contributed by atoms with van der Waals surface area (Å²) in [6.07, 6.45) is 32.6. The Bertz CT molecular complexity index is 3890. The molecule has 14 rings (SSSR count). The number of hydrogen-bond donors (Lipinski definition) is 5. The first-order chi connectivity index (χ1) is 48.2. The van der Waals surface area contributed by atoms with Crippen molar-refractivity contribution in [2.75, 3.05) is 71.9 Å². The molecular weight excluding hydrogens is 1280 g/mol. The number of aliphatic imine (C=N–C) groups is 1. The van der Waals surface area contributed by atoms with E-state index in [0.29, 0.717) is 67.5 Å². The third-order valence-corrected chi connectivity index (χ3v) is 21.8. The number of anilines is 2. The molecule has 0 radical (unpaired) electrons. The lowest BCUT2D eigenvalue weighted by Crippen LogP contribution is -2.35. The zero-order valence-corrected chi connectivity index (χ0v) is 59.5. The van der Waals surface area contributed by atoms with Gasteiger partial charge in [0.1, 0.15) is 6.04 Å². The van der Waals surface area contributed by atoms with Gasteiger partial charge in [0.05, 0.1) is 80.2 Å². The van der Waals surface area contributed by atoms with Crippen molar-refractivity contribution in [3.8, 4) is 22.3 Å². The van der Waals surface area contributed by atoms with E-state index in [-0.39, 0.29) is 72.7 Å². The summed E-state index contributed by atoms with van der Waals surface area (Å²) in [5.74, 6) is 4.72. The Kier molecular flexibility index (Phi) is 23.7. The van der Waals surface area contributed by atoms with Gasteiger partial charge in [0.25, 0.3) is 0 Å². The van der Waals surface area contributed by atoms with Gasteiger partial charge in [-0.05, 0) is 140 Å². The molecule has 25 nitrogen and oxygen atoms in total. The first-order valence-corrected chi connectivity index (χ1v) is 36.5. The number of carbonyl (C=O) groups excluding carboxylic acids is 2. The van der Waals surface area contributed by atoms with Crippen molar-refractivity contribution in [3.05, 3.63) is 72.4 Å². The minimum absolute atomic E-state index is 0.00349. The molecule has 27 heteroatoms. The van der Waals surface area contributed by atoms with Crippen LogP contribution in [0.4, 0.5) is 20.7 Å². The number of aromatic nitrogens is 10. The molecule has 2 amide bonds. The predicted molar refractivity (Wildman–Crippen MR) is 378 cm³/mol. The number of rotatable bonds is 22. The summed E-state index contributed by atoms with van der Waals surface area (Å²) >= 11 is 0. The van der Waals surface area contributed by atoms with Crippen LogP contribution in [0.25, 0.3) is 33.3 Å². The third kappa shape index (κ3) is 17.2. The topological polar surface area (TPSA) is 277 Å². The number of aliphatic hydroxyl groups is 3. The second-order valence-electron chi connectivity index (χ2n) is 29.8. The fourth-order valence-electron chi connectivity index (χ4n) is 16.1. The molecule has 10 heterocycles. The Hall–Kier alpha value is -7.43. The van der Waals surface area contributed by atoms with Gasteiger partial charge in [-0.15, -0.1) is 10.2 Å². The molecule has 0 spiro atoms. The van der Waals surface area contributed by atoms with E-state index in [2.05, 4.69) is 76.5 Å². The Morgan fingerprint density at radius 2 is 1.20 bits per heavy atom. The van der Waals surface area contributed by atoms with Gasteiger partial charge in [0.2, 0.25) is 35.5 Å². The van der Waals surface area contributed by atoms with Gasteiger partial charge in [-0.3, -0.25) is 19.0 Å². The second-order valence-corrected chi connectivity index (χ2v) is 29.8. The molecule has 5 N–H and O–H groups in total. The predicted octanol–water partition coefficient (Wildman–Crippen LogP) is 9.79. The van der Waals surface area contributed by atoms with E-state index in [4.69, 9.17) is 24.8 Å². The van der Waals surface area contributed by atoms with E-state index < -0.39 is 6.61 Å². The van der Waals surface area contributed by atoms with E-state index in [1.807, 2.05) is 85.8 Å². The number of halogens is 2. The van der Waals surface area contributed by atoms with Gasteiger partial charge in [-0.2, -0.15) is 19.0 Å². The lowest BCUT2D eigenvalue weighted by molar-refractivity contribution is -0.544. The first-order valence-electron chi connectivity index (χ1n) is 36.5. The molecule has 6 fully saturated rings. The number of alkyl halides is 2. The molecule has 2 saturated heterocycles. The number of hydrazone groups is 1. The zero-order valence-electron chi connectivity index (χ0n) is 59.5. The second kappa shape index (κ2) is 32.7. The normalized spacial score (nSPS) is 27.3. The van der Waals surface area contributed by atoms with E-state index >= 15 is 0 Å². The molecule has 8 aliphatic rings. The van der Waals surface area contributed by atoms with Crippen LogP contribution < -0.4 is 10.6 Å². The summed E-state index contributed by atoms with van der Waals surface area (Å²) in [5.41, 5.74) is 10.8. The lowest BCUT2D eigenvalue weighted by Gasteiger charge is -2.27. The average molecular weight is 1390 g/mol. The molecule has 0 aromatic carbocycles. The first kappa shape index (κ1) is 72.4. The summed E-state index contributed by atoms with van der Waals surface area (Å²) in [6, 6.07) is 4.38. The minimum atomic E-state index is -2.74. The molecule has 6 aromatic heterocycles. The molecule has 0 bridgehead atoms. The van der Waals surface area contributed by atoms with Crippen molar-refractivity contribution in [2.45, 2.75) is 217 Å². The van der Waals surface area contributed by atoms with Crippen LogP contribution in [0.1, 0.15) is 179 Å². The number of amidine groups is 1. The minimum Gasteiger partial charge on any atom is -0.393 e. The third-order valence-electron chi connectivity index (χ3n) is 21.8. The number of ether oxygens (including phenoxy) is 3. The van der Waals surface area contributed by atoms with Gasteiger partial charge in [0, 0.05) is 159 Å². The molecule has 6 atom stereocenters. The van der Waals surface area contributed by atoms with Crippen molar-refractivity contribution < 1.29 is 52.6 Å². The smallest absolute Gasteiger partial charge is 0.345 e. The van der Waals surface area contributed by atoms with E-state index in [0.717, 1.165) is 154 Å². The Balaban J connectivity index is 0.000000142. The number of aliphatic hydroxyl groups excluding tert-OH is 3. The van der Waals surface area contributed by atoms with Crippen molar-refractivity contribution in [1.82, 2.24) is 58.6 Å². The van der Waals surface area contributed by atoms with Crippen molar-refractivity contribution in [2.24, 2.45) is 39.7 Å². The molecule has 4 aliphatic carbocycles. The largest absolute Gasteiger partial charge is 0.393 e. The number of allylic oxidation sites excluding steroid dienone is 1. The fraction of sp³-hybridized carbons (Fsp3) is 0.658. The highest BCUT2D eigenvalue weighted by molar-refractivity contribution is 6.00. The average Bonchev–Trinajstić information content (AvgIpc) is 1.62. The van der Waals surface area contributed by atoms with Crippen LogP contribution in [0.5, 0.6) is 0 Å². The van der Waals surface area contributed by atoms with Crippen LogP contribution in [0.15, 0.2) is 71.1 Å². The number of fused-ring (bicyclic) bond motifs is 3. The summed E-state index contributed by atoms with van der Waals surface area (Å²) in [7, 11) is 7.04. The number of hydrogen-bond acceptors (Lipinski definition) is 18. The van der Waals surface area contributed by atoms with E-state index in [1.54, 1.807) is 28.7 Å². The van der Waals surface area contributed by atoms with E-state index in [1.165, 1.54) is 37.0 Å². The summed E-state index contributed by atoms with van der Waals surface area (Å²) in [5, 5.41) is 60.3. The Morgan fingerprint density at radius 1 is 0.660 bits per heavy atom. The van der Waals surface area contributed by atoms with Crippen LogP contribution in [-0.4, -0.2) is 212 Å². The molecule has 4 aliphatic heterocycles. The monoisotopic (exact) mass is 1380 g/mol. The molecular formula is C73H104F2N17O8+. The number of methoxy groups -OCH3 is 2. The molecule has 542 valence electrons. The number of carbonyl (C=O) groups is 2. The van der Waals surface area contributed by atoms with Crippen LogP contribution in [0.3, 0.4) is 0 Å². The van der Waals surface area contributed by atoms with Gasteiger partial charge in [-0.25, -0.2) is 24.0 Å². The van der Waals surface area contributed by atoms with Crippen LogP contribution in [-0.2, 0) is 30.3 Å². The standard InChI is InChI=1S/C25H35N7O3.C24H36F2N3O2.C24H33N7O3/c1-16(15-35-3)28-25-26-11-23-21(9-22(32(23)29-25)18-4-6-20(33)7-5-18)19-10-27-31(14-19)13-17-8-24(34)30(2)12-17;1-15-3-5-17(6-4-15)20-12-21(18-7-9-19(30)10-8-18)29-22(20)13-27-23(28-29)11-16(2)14-31-24(25)26;1-15(14-34-3)27-24-25-12-22-19(10-21(31(22)28-24)16-4-6-18(32)7-5-16)17-11-26-30(13-17)20-8-9-29(2)23(20)33/h9-11,14,16-18,20,33H,4-8,12-13,15H2,1-3H3,(H,28,29);12-13,15-19,22,24,30H,3-11,14H2,1-2H3;10-13,15-16,18,20,32H,4-9,14H2,1-3H3,(H,27,28)/q;+1;/t16-,17?,18?,20?;15?,16-,17?,18?,19?,22?;15-,16?,18?,20?/m010/s1. The number of likely N-dealkylation sites (tertiary alicyclic amines) is 2. The fourth-order valence-corrected chi connectivity index (χ4v) is 16.1. The maximum atomic E-state index is 12.5. The highest BCUT2D eigenvalue weighted by Crippen LogP contribution is 2.42. The van der Waals surface area contributed by atoms with Crippen molar-refractivity contribution in [1.29, 1.82) is 0 Å². The van der Waals surface area contributed by atoms with Gasteiger partial charge >= 0.3 is 6.61 Å². The SMILES string of the molecule is CC1CCC(C2=CC(C3CCC(O)CC3)=[N+]3N=C(C[C@@H](C)COC(F)F)N=CC23)CC1.COC[C@H](C)Nc1ncc2c(-c3cnn(C4CCN(C)C4=O)c3)cc(C3CCC(O)CC3)n2n1.COC[C@H](C)Nc1ncc2c(-c3cnn(CC4CC(=O)N(C)C4)c3)cc(C3CCC(O)CC3)n2n1. The van der Waals surface area contributed by atoms with E-state index in [9.17, 15) is 33.7 Å². The maximum Gasteiger partial charge on any atom is 0.345 e. The number of amides is 2. The number of nitrogens with zero attached hydrogens (tertiary/aromatic N) is 15. The highest BCUT2D eigenvalue weighted by atomic mass is 19.3. The number of likely N-dealkylation sites (N-methyl/N-ethyl adjacent to an activating group) is 1. The summed E-state index contributed by atoms with van der Waals surface area (Å²) in [6.45, 7) is 8.89. The van der Waals surface area contributed by atoms with Gasteiger partial charge in [0.15, 0.2) is 5.84 Å². The molecule has 6 aromatic rings.